The summed E-state index contributed by atoms with van der Waals surface area (Å²) in [7, 11) is 0. The molecule has 2 aromatic rings. The summed E-state index contributed by atoms with van der Waals surface area (Å²) in [6.07, 6.45) is 5.22. The first-order valence-corrected chi connectivity index (χ1v) is 6.96. The van der Waals surface area contributed by atoms with Gasteiger partial charge < -0.3 is 4.90 Å². The minimum Gasteiger partial charge on any atom is -0.355 e. The molecular formula is C16H16N4. The first-order chi connectivity index (χ1) is 9.88. The number of aromatic nitrogens is 2. The van der Waals surface area contributed by atoms with Gasteiger partial charge in [0.2, 0.25) is 0 Å². The van der Waals surface area contributed by atoms with Crippen molar-refractivity contribution < 1.29 is 0 Å². The number of hydrogen-bond donors (Lipinski definition) is 0. The number of anilines is 1. The second kappa shape index (κ2) is 5.70. The van der Waals surface area contributed by atoms with Crippen LogP contribution in [0.4, 0.5) is 5.82 Å². The molecule has 1 aromatic heterocycles. The Labute approximate surface area is 118 Å². The van der Waals surface area contributed by atoms with Crippen LogP contribution in [0.3, 0.4) is 0 Å². The molecular weight excluding hydrogens is 248 g/mol. The van der Waals surface area contributed by atoms with Gasteiger partial charge in [-0.3, -0.25) is 0 Å². The van der Waals surface area contributed by atoms with E-state index < -0.39 is 0 Å². The van der Waals surface area contributed by atoms with E-state index in [0.717, 1.165) is 37.3 Å². The summed E-state index contributed by atoms with van der Waals surface area (Å²) >= 11 is 0. The van der Waals surface area contributed by atoms with Gasteiger partial charge in [-0.25, -0.2) is 9.97 Å². The van der Waals surface area contributed by atoms with E-state index >= 15 is 0 Å². The van der Waals surface area contributed by atoms with Gasteiger partial charge in [0.1, 0.15) is 11.6 Å². The summed E-state index contributed by atoms with van der Waals surface area (Å²) in [5.74, 6) is 1.46. The molecule has 0 N–H and O–H groups in total. The van der Waals surface area contributed by atoms with Crippen LogP contribution < -0.4 is 4.90 Å². The fraction of sp³-hybridized carbons (Fsp3) is 0.312. The van der Waals surface area contributed by atoms with Gasteiger partial charge in [-0.15, -0.1) is 0 Å². The summed E-state index contributed by atoms with van der Waals surface area (Å²) in [5, 5.41) is 9.25. The summed E-state index contributed by atoms with van der Waals surface area (Å²) in [4.78, 5) is 11.1. The lowest BCUT2D eigenvalue weighted by atomic mass is 10.1. The van der Waals surface area contributed by atoms with Crippen molar-refractivity contribution in [3.8, 4) is 17.5 Å². The van der Waals surface area contributed by atoms with E-state index in [-0.39, 0.29) is 0 Å². The molecule has 0 amide bonds. The Kier molecular flexibility index (Phi) is 3.60. The van der Waals surface area contributed by atoms with Crippen LogP contribution in [0.25, 0.3) is 11.4 Å². The highest BCUT2D eigenvalue weighted by Crippen LogP contribution is 2.24. The van der Waals surface area contributed by atoms with Crippen molar-refractivity contribution in [2.24, 2.45) is 0 Å². The van der Waals surface area contributed by atoms with Gasteiger partial charge in [0.25, 0.3) is 0 Å². The maximum atomic E-state index is 9.25. The van der Waals surface area contributed by atoms with Crippen molar-refractivity contribution in [1.29, 1.82) is 5.26 Å². The fourth-order valence-corrected chi connectivity index (χ4v) is 2.52. The van der Waals surface area contributed by atoms with E-state index in [9.17, 15) is 5.26 Å². The molecule has 0 atom stereocenters. The van der Waals surface area contributed by atoms with Crippen molar-refractivity contribution in [1.82, 2.24) is 9.97 Å². The van der Waals surface area contributed by atoms with Gasteiger partial charge in [-0.2, -0.15) is 5.26 Å². The zero-order valence-electron chi connectivity index (χ0n) is 11.3. The van der Waals surface area contributed by atoms with Crippen LogP contribution >= 0.6 is 0 Å². The smallest absolute Gasteiger partial charge is 0.161 e. The van der Waals surface area contributed by atoms with Gasteiger partial charge >= 0.3 is 0 Å². The molecule has 1 aromatic carbocycles. The molecule has 1 fully saturated rings. The third-order valence-electron chi connectivity index (χ3n) is 3.58. The Morgan fingerprint density at radius 2 is 1.80 bits per heavy atom. The minimum atomic E-state index is 0.562. The second-order valence-corrected chi connectivity index (χ2v) is 4.96. The summed E-state index contributed by atoms with van der Waals surface area (Å²) in [6, 6.07) is 12.1. The third-order valence-corrected chi connectivity index (χ3v) is 3.58. The van der Waals surface area contributed by atoms with Gasteiger partial charge in [-0.1, -0.05) is 30.3 Å². The Bertz CT molecular complexity index is 625. The van der Waals surface area contributed by atoms with Crippen LogP contribution in [0, 0.1) is 11.3 Å². The lowest BCUT2D eigenvalue weighted by Gasteiger charge is -2.28. The Morgan fingerprint density at radius 3 is 2.50 bits per heavy atom. The molecule has 20 heavy (non-hydrogen) atoms. The zero-order chi connectivity index (χ0) is 13.8. The van der Waals surface area contributed by atoms with Gasteiger partial charge in [0.15, 0.2) is 11.6 Å². The lowest BCUT2D eigenvalue weighted by molar-refractivity contribution is 0.573. The van der Waals surface area contributed by atoms with Gasteiger partial charge in [0.05, 0.1) is 6.20 Å². The molecule has 1 aliphatic rings. The van der Waals surface area contributed by atoms with Crippen molar-refractivity contribution in [2.45, 2.75) is 19.3 Å². The predicted molar refractivity (Wildman–Crippen MR) is 78.2 cm³/mol. The number of hydrogen-bond acceptors (Lipinski definition) is 4. The topological polar surface area (TPSA) is 52.8 Å². The van der Waals surface area contributed by atoms with Crippen LogP contribution in [0.15, 0.2) is 36.5 Å². The quantitative estimate of drug-likeness (QED) is 0.836. The maximum absolute atomic E-state index is 9.25. The molecule has 0 radical (unpaired) electrons. The number of benzene rings is 1. The molecule has 3 rings (SSSR count). The first-order valence-electron chi connectivity index (χ1n) is 6.96. The number of nitrogens with zero attached hydrogens (tertiary/aromatic N) is 4. The summed E-state index contributed by atoms with van der Waals surface area (Å²) < 4.78 is 0. The minimum absolute atomic E-state index is 0.562. The number of rotatable bonds is 2. The summed E-state index contributed by atoms with van der Waals surface area (Å²) in [5.41, 5.74) is 1.54. The molecule has 1 aliphatic heterocycles. The Balaban J connectivity index is 2.01. The normalized spacial score (nSPS) is 14.8. The van der Waals surface area contributed by atoms with E-state index in [1.807, 2.05) is 30.3 Å². The van der Waals surface area contributed by atoms with Crippen molar-refractivity contribution in [3.63, 3.8) is 0 Å². The second-order valence-electron chi connectivity index (χ2n) is 4.96. The average Bonchev–Trinajstić information content (AvgIpc) is 2.56. The van der Waals surface area contributed by atoms with E-state index in [2.05, 4.69) is 20.9 Å². The van der Waals surface area contributed by atoms with E-state index in [4.69, 9.17) is 0 Å². The first kappa shape index (κ1) is 12.6. The van der Waals surface area contributed by atoms with Crippen LogP contribution in [0.1, 0.15) is 24.8 Å². The average molecular weight is 264 g/mol. The Hall–Kier alpha value is -2.41. The molecule has 0 spiro atoms. The SMILES string of the molecule is N#Cc1cnc(-c2ccccc2)nc1N1CCCCC1. The third kappa shape index (κ3) is 2.48. The monoisotopic (exact) mass is 264 g/mol. The Morgan fingerprint density at radius 1 is 1.05 bits per heavy atom. The molecule has 0 unspecified atom stereocenters. The lowest BCUT2D eigenvalue weighted by Crippen LogP contribution is -2.31. The number of nitriles is 1. The van der Waals surface area contributed by atoms with Crippen LogP contribution in [0.5, 0.6) is 0 Å². The van der Waals surface area contributed by atoms with Crippen LogP contribution in [-0.4, -0.2) is 23.1 Å². The van der Waals surface area contributed by atoms with Gasteiger partial charge in [-0.05, 0) is 19.3 Å². The van der Waals surface area contributed by atoms with E-state index in [1.54, 1.807) is 6.20 Å². The molecule has 100 valence electrons. The molecule has 4 nitrogen and oxygen atoms in total. The highest BCUT2D eigenvalue weighted by molar-refractivity contribution is 5.61. The molecule has 4 heteroatoms. The number of piperidine rings is 1. The van der Waals surface area contributed by atoms with E-state index in [1.165, 1.54) is 6.42 Å². The molecule has 1 saturated heterocycles. The van der Waals surface area contributed by atoms with Crippen LogP contribution in [-0.2, 0) is 0 Å². The maximum Gasteiger partial charge on any atom is 0.161 e. The largest absolute Gasteiger partial charge is 0.355 e. The van der Waals surface area contributed by atoms with E-state index in [0.29, 0.717) is 11.4 Å². The van der Waals surface area contributed by atoms with Crippen LogP contribution in [0.2, 0.25) is 0 Å². The molecule has 0 saturated carbocycles. The fourth-order valence-electron chi connectivity index (χ4n) is 2.52. The summed E-state index contributed by atoms with van der Waals surface area (Å²) in [6.45, 7) is 1.94. The highest BCUT2D eigenvalue weighted by Gasteiger charge is 2.17. The molecule has 0 bridgehead atoms. The van der Waals surface area contributed by atoms with Crippen molar-refractivity contribution >= 4 is 5.82 Å². The zero-order valence-corrected chi connectivity index (χ0v) is 11.3. The predicted octanol–water partition coefficient (Wildman–Crippen LogP) is 3.01. The molecule has 2 heterocycles. The van der Waals surface area contributed by atoms with Crippen molar-refractivity contribution in [2.75, 3.05) is 18.0 Å². The standard InChI is InChI=1S/C16H16N4/c17-11-14-12-18-15(13-7-3-1-4-8-13)19-16(14)20-9-5-2-6-10-20/h1,3-4,7-8,12H,2,5-6,9-10H2. The highest BCUT2D eigenvalue weighted by atomic mass is 15.2. The van der Waals surface area contributed by atoms with Gasteiger partial charge in [0, 0.05) is 18.7 Å². The van der Waals surface area contributed by atoms with Crippen molar-refractivity contribution in [3.05, 3.63) is 42.1 Å². The molecule has 0 aliphatic carbocycles.